The summed E-state index contributed by atoms with van der Waals surface area (Å²) in [6.45, 7) is 6.98. The number of nitrogens with one attached hydrogen (secondary N) is 1. The first-order valence-corrected chi connectivity index (χ1v) is 7.02. The highest BCUT2D eigenvalue weighted by Gasteiger charge is 2.04. The van der Waals surface area contributed by atoms with Crippen molar-refractivity contribution in [2.45, 2.75) is 13.8 Å². The van der Waals surface area contributed by atoms with Crippen LogP contribution in [0.25, 0.3) is 0 Å². The zero-order valence-electron chi connectivity index (χ0n) is 12.6. The molecule has 0 aromatic heterocycles. The molecular formula is C15H24N2O4. The number of hydrogen-bond donors (Lipinski definition) is 2. The molecule has 1 aromatic carbocycles. The van der Waals surface area contributed by atoms with E-state index < -0.39 is 0 Å². The van der Waals surface area contributed by atoms with Gasteiger partial charge in [0.1, 0.15) is 12.4 Å². The molecule has 0 bridgehead atoms. The van der Waals surface area contributed by atoms with Gasteiger partial charge in [0.05, 0.1) is 19.8 Å². The second kappa shape index (κ2) is 10.1. The molecule has 3 N–H and O–H groups in total. The average Bonchev–Trinajstić information content (AvgIpc) is 2.49. The summed E-state index contributed by atoms with van der Waals surface area (Å²) in [6, 6.07) is 6.81. The predicted molar refractivity (Wildman–Crippen MR) is 80.1 cm³/mol. The lowest BCUT2D eigenvalue weighted by atomic mass is 10.2. The van der Waals surface area contributed by atoms with Crippen LogP contribution in [0.2, 0.25) is 0 Å². The molecule has 1 amide bonds. The number of benzene rings is 1. The Morgan fingerprint density at radius 1 is 1.19 bits per heavy atom. The molecule has 0 aliphatic heterocycles. The number of amides is 1. The van der Waals surface area contributed by atoms with Crippen LogP contribution in [0, 0.1) is 5.92 Å². The highest BCUT2D eigenvalue weighted by Crippen LogP contribution is 2.12. The van der Waals surface area contributed by atoms with E-state index in [1.165, 1.54) is 0 Å². The second-order valence-corrected chi connectivity index (χ2v) is 4.93. The number of nitrogen functional groups attached to an aromatic ring is 1. The predicted octanol–water partition coefficient (Wildman–Crippen LogP) is 1.36. The van der Waals surface area contributed by atoms with Crippen molar-refractivity contribution in [3.05, 3.63) is 29.8 Å². The monoisotopic (exact) mass is 296 g/mol. The van der Waals surface area contributed by atoms with Crippen molar-refractivity contribution >= 4 is 5.91 Å². The van der Waals surface area contributed by atoms with Gasteiger partial charge < -0.3 is 14.2 Å². The molecule has 0 radical (unpaired) electrons. The first-order valence-electron chi connectivity index (χ1n) is 7.02. The third-order valence-electron chi connectivity index (χ3n) is 2.55. The highest BCUT2D eigenvalue weighted by atomic mass is 16.5. The minimum absolute atomic E-state index is 0.348. The average molecular weight is 296 g/mol. The Hall–Kier alpha value is -1.63. The van der Waals surface area contributed by atoms with Crippen molar-refractivity contribution in [2.75, 3.05) is 33.0 Å². The van der Waals surface area contributed by atoms with E-state index in [0.717, 1.165) is 6.61 Å². The summed E-state index contributed by atoms with van der Waals surface area (Å²) < 4.78 is 16.3. The van der Waals surface area contributed by atoms with Crippen molar-refractivity contribution in [2.24, 2.45) is 11.8 Å². The summed E-state index contributed by atoms with van der Waals surface area (Å²) in [5.74, 6) is 5.87. The lowest BCUT2D eigenvalue weighted by molar-refractivity contribution is 0.0282. The van der Waals surface area contributed by atoms with Crippen molar-refractivity contribution < 1.29 is 19.0 Å². The van der Waals surface area contributed by atoms with Crippen LogP contribution in [0.1, 0.15) is 24.2 Å². The summed E-state index contributed by atoms with van der Waals surface area (Å²) in [4.78, 5) is 11.4. The van der Waals surface area contributed by atoms with Gasteiger partial charge in [0.25, 0.3) is 5.91 Å². The standard InChI is InChI=1S/C15H24N2O4/c1-12(2)11-20-7-6-19-8-9-21-14-5-3-4-13(10-14)15(18)17-16/h3-5,10,12H,6-9,11,16H2,1-2H3,(H,17,18). The van der Waals surface area contributed by atoms with Crippen LogP contribution < -0.4 is 16.0 Å². The van der Waals surface area contributed by atoms with Crippen LogP contribution in [0.3, 0.4) is 0 Å². The summed E-state index contributed by atoms with van der Waals surface area (Å²) in [5, 5.41) is 0. The molecule has 118 valence electrons. The largest absolute Gasteiger partial charge is 0.491 e. The van der Waals surface area contributed by atoms with Crippen LogP contribution in [-0.2, 0) is 9.47 Å². The van der Waals surface area contributed by atoms with Gasteiger partial charge in [-0.3, -0.25) is 10.2 Å². The van der Waals surface area contributed by atoms with E-state index in [1.54, 1.807) is 24.3 Å². The Morgan fingerprint density at radius 2 is 1.90 bits per heavy atom. The Labute approximate surface area is 125 Å². The molecule has 0 aliphatic rings. The Morgan fingerprint density at radius 3 is 2.62 bits per heavy atom. The quantitative estimate of drug-likeness (QED) is 0.295. The molecule has 1 aromatic rings. The SMILES string of the molecule is CC(C)COCCOCCOc1cccc(C(=O)NN)c1. The second-order valence-electron chi connectivity index (χ2n) is 4.93. The van der Waals surface area contributed by atoms with Gasteiger partial charge in [-0.1, -0.05) is 19.9 Å². The van der Waals surface area contributed by atoms with Gasteiger partial charge in [0.15, 0.2) is 0 Å². The molecule has 0 saturated heterocycles. The van der Waals surface area contributed by atoms with Gasteiger partial charge in [0, 0.05) is 12.2 Å². The van der Waals surface area contributed by atoms with Crippen LogP contribution in [0.4, 0.5) is 0 Å². The Bertz CT molecular complexity index is 424. The van der Waals surface area contributed by atoms with E-state index in [1.807, 2.05) is 0 Å². The molecule has 0 fully saturated rings. The number of carbonyl (C=O) groups excluding carboxylic acids is 1. The maximum absolute atomic E-state index is 11.4. The van der Waals surface area contributed by atoms with E-state index in [9.17, 15) is 4.79 Å². The van der Waals surface area contributed by atoms with Crippen LogP contribution in [0.15, 0.2) is 24.3 Å². The molecule has 1 rings (SSSR count). The maximum Gasteiger partial charge on any atom is 0.265 e. The molecule has 6 nitrogen and oxygen atoms in total. The molecular weight excluding hydrogens is 272 g/mol. The van der Waals surface area contributed by atoms with Gasteiger partial charge in [0.2, 0.25) is 0 Å². The zero-order valence-corrected chi connectivity index (χ0v) is 12.6. The topological polar surface area (TPSA) is 82.8 Å². The van der Waals surface area contributed by atoms with Crippen LogP contribution in [0.5, 0.6) is 5.75 Å². The van der Waals surface area contributed by atoms with Crippen molar-refractivity contribution in [3.63, 3.8) is 0 Å². The van der Waals surface area contributed by atoms with E-state index in [-0.39, 0.29) is 5.91 Å². The molecule has 21 heavy (non-hydrogen) atoms. The molecule has 0 unspecified atom stereocenters. The van der Waals surface area contributed by atoms with E-state index >= 15 is 0 Å². The molecule has 0 spiro atoms. The molecule has 6 heteroatoms. The van der Waals surface area contributed by atoms with Crippen molar-refractivity contribution in [1.82, 2.24) is 5.43 Å². The number of rotatable bonds is 10. The lowest BCUT2D eigenvalue weighted by Gasteiger charge is -2.09. The number of hydrogen-bond acceptors (Lipinski definition) is 5. The third-order valence-corrected chi connectivity index (χ3v) is 2.55. The number of carbonyl (C=O) groups is 1. The fraction of sp³-hybridized carbons (Fsp3) is 0.533. The zero-order chi connectivity index (χ0) is 15.5. The highest BCUT2D eigenvalue weighted by molar-refractivity contribution is 5.94. The van der Waals surface area contributed by atoms with Gasteiger partial charge in [-0.25, -0.2) is 5.84 Å². The fourth-order valence-electron chi connectivity index (χ4n) is 1.57. The normalized spacial score (nSPS) is 10.7. The summed E-state index contributed by atoms with van der Waals surface area (Å²) in [6.07, 6.45) is 0. The number of nitrogens with two attached hydrogens (primary N) is 1. The van der Waals surface area contributed by atoms with E-state index in [0.29, 0.717) is 43.7 Å². The number of ether oxygens (including phenoxy) is 3. The minimum Gasteiger partial charge on any atom is -0.491 e. The molecule has 0 aliphatic carbocycles. The van der Waals surface area contributed by atoms with Crippen molar-refractivity contribution in [3.8, 4) is 5.75 Å². The molecule has 0 atom stereocenters. The minimum atomic E-state index is -0.348. The lowest BCUT2D eigenvalue weighted by Crippen LogP contribution is -2.29. The third kappa shape index (κ3) is 7.65. The van der Waals surface area contributed by atoms with Gasteiger partial charge >= 0.3 is 0 Å². The van der Waals surface area contributed by atoms with Gasteiger partial charge in [-0.05, 0) is 24.1 Å². The molecule has 0 saturated carbocycles. The maximum atomic E-state index is 11.4. The van der Waals surface area contributed by atoms with Crippen LogP contribution >= 0.6 is 0 Å². The van der Waals surface area contributed by atoms with E-state index in [4.69, 9.17) is 20.1 Å². The van der Waals surface area contributed by atoms with Crippen molar-refractivity contribution in [1.29, 1.82) is 0 Å². The van der Waals surface area contributed by atoms with E-state index in [2.05, 4.69) is 19.3 Å². The van der Waals surface area contributed by atoms with Gasteiger partial charge in [-0.2, -0.15) is 0 Å². The van der Waals surface area contributed by atoms with Gasteiger partial charge in [-0.15, -0.1) is 0 Å². The Balaban J connectivity index is 2.14. The first kappa shape index (κ1) is 17.4. The fourth-order valence-corrected chi connectivity index (χ4v) is 1.57. The molecule has 0 heterocycles. The first-order chi connectivity index (χ1) is 10.1. The summed E-state index contributed by atoms with van der Waals surface area (Å²) in [7, 11) is 0. The smallest absolute Gasteiger partial charge is 0.265 e. The summed E-state index contributed by atoms with van der Waals surface area (Å²) in [5.41, 5.74) is 2.54. The van der Waals surface area contributed by atoms with Crippen LogP contribution in [-0.4, -0.2) is 38.9 Å². The number of hydrazine groups is 1. The Kier molecular flexibility index (Phi) is 8.42. The summed E-state index contributed by atoms with van der Waals surface area (Å²) >= 11 is 0.